The van der Waals surface area contributed by atoms with E-state index in [1.165, 1.54) is 11.3 Å². The Hall–Kier alpha value is -1.73. The first-order valence-corrected chi connectivity index (χ1v) is 9.00. The summed E-state index contributed by atoms with van der Waals surface area (Å²) in [6.07, 6.45) is 4.96. The molecule has 124 valence electrons. The molecule has 0 spiro atoms. The second-order valence-corrected chi connectivity index (χ2v) is 6.86. The van der Waals surface area contributed by atoms with Crippen LogP contribution >= 0.6 is 11.3 Å². The highest BCUT2D eigenvalue weighted by Gasteiger charge is 2.19. The van der Waals surface area contributed by atoms with Crippen LogP contribution in [0, 0.1) is 6.92 Å². The second-order valence-electron chi connectivity index (χ2n) is 5.92. The molecule has 0 radical (unpaired) electrons. The summed E-state index contributed by atoms with van der Waals surface area (Å²) in [6.45, 7) is 4.99. The Labute approximate surface area is 140 Å². The second kappa shape index (κ2) is 7.70. The number of thiazole rings is 1. The minimum atomic E-state index is 0.0147. The van der Waals surface area contributed by atoms with Gasteiger partial charge in [-0.05, 0) is 32.4 Å². The molecule has 3 heterocycles. The van der Waals surface area contributed by atoms with E-state index in [0.717, 1.165) is 37.3 Å². The highest BCUT2D eigenvalue weighted by molar-refractivity contribution is 7.09. The number of nitrogens with zero attached hydrogens (tertiary/aromatic N) is 3. The number of nitrogens with one attached hydrogen (secondary N) is 2. The highest BCUT2D eigenvalue weighted by atomic mass is 32.1. The van der Waals surface area contributed by atoms with Crippen molar-refractivity contribution in [3.63, 3.8) is 0 Å². The molecule has 1 fully saturated rings. The topological polar surface area (TPSA) is 71.8 Å². The number of hydrogen-bond donors (Lipinski definition) is 2. The number of aromatic nitrogens is 3. The molecule has 6 nitrogen and oxygen atoms in total. The fraction of sp³-hybridized carbons (Fsp3) is 0.562. The van der Waals surface area contributed by atoms with Crippen LogP contribution in [0.25, 0.3) is 0 Å². The smallest absolute Gasteiger partial charge is 0.241 e. The Kier molecular flexibility index (Phi) is 5.40. The maximum absolute atomic E-state index is 12.2. The molecule has 0 saturated carbocycles. The summed E-state index contributed by atoms with van der Waals surface area (Å²) in [5, 5.41) is 10.7. The van der Waals surface area contributed by atoms with E-state index in [0.29, 0.717) is 19.0 Å². The lowest BCUT2D eigenvalue weighted by Crippen LogP contribution is -2.33. The lowest BCUT2D eigenvalue weighted by Gasteiger charge is -2.23. The van der Waals surface area contributed by atoms with Crippen molar-refractivity contribution in [2.75, 3.05) is 19.6 Å². The van der Waals surface area contributed by atoms with Gasteiger partial charge in [-0.2, -0.15) is 5.10 Å². The van der Waals surface area contributed by atoms with Gasteiger partial charge < -0.3 is 10.6 Å². The van der Waals surface area contributed by atoms with Gasteiger partial charge in [-0.3, -0.25) is 9.48 Å². The van der Waals surface area contributed by atoms with Crippen molar-refractivity contribution < 1.29 is 4.79 Å². The monoisotopic (exact) mass is 333 g/mol. The van der Waals surface area contributed by atoms with Gasteiger partial charge in [-0.25, -0.2) is 4.98 Å². The van der Waals surface area contributed by atoms with Gasteiger partial charge in [0.05, 0.1) is 11.2 Å². The average molecular weight is 333 g/mol. The molecular formula is C16H23N5OS. The average Bonchev–Trinajstić information content (AvgIpc) is 3.18. The van der Waals surface area contributed by atoms with Gasteiger partial charge in [0.1, 0.15) is 6.54 Å². The van der Waals surface area contributed by atoms with Gasteiger partial charge in [0.15, 0.2) is 0 Å². The van der Waals surface area contributed by atoms with Gasteiger partial charge in [-0.1, -0.05) is 0 Å². The van der Waals surface area contributed by atoms with E-state index < -0.39 is 0 Å². The molecule has 2 N–H and O–H groups in total. The van der Waals surface area contributed by atoms with E-state index in [-0.39, 0.29) is 5.91 Å². The zero-order valence-corrected chi connectivity index (χ0v) is 14.2. The van der Waals surface area contributed by atoms with Gasteiger partial charge >= 0.3 is 0 Å². The molecular weight excluding hydrogens is 310 g/mol. The third-order valence-electron chi connectivity index (χ3n) is 4.28. The van der Waals surface area contributed by atoms with Gasteiger partial charge in [0.2, 0.25) is 5.91 Å². The van der Waals surface area contributed by atoms with E-state index >= 15 is 0 Å². The van der Waals surface area contributed by atoms with Crippen LogP contribution in [0.1, 0.15) is 35.0 Å². The van der Waals surface area contributed by atoms with Crippen molar-refractivity contribution in [1.82, 2.24) is 25.4 Å². The Morgan fingerprint density at radius 1 is 1.57 bits per heavy atom. The minimum Gasteiger partial charge on any atom is -0.354 e. The summed E-state index contributed by atoms with van der Waals surface area (Å²) in [7, 11) is 0. The first kappa shape index (κ1) is 16.1. The molecule has 23 heavy (non-hydrogen) atoms. The first-order chi connectivity index (χ1) is 11.2. The summed E-state index contributed by atoms with van der Waals surface area (Å²) >= 11 is 1.64. The molecule has 1 saturated heterocycles. The Morgan fingerprint density at radius 3 is 3.22 bits per heavy atom. The summed E-state index contributed by atoms with van der Waals surface area (Å²) in [5.41, 5.74) is 4.06. The summed E-state index contributed by atoms with van der Waals surface area (Å²) in [5.74, 6) is 0.472. The van der Waals surface area contributed by atoms with Crippen LogP contribution in [0.2, 0.25) is 0 Å². The molecule has 1 aliphatic rings. The molecule has 3 rings (SSSR count). The molecule has 1 atom stereocenters. The van der Waals surface area contributed by atoms with E-state index in [1.807, 2.05) is 23.2 Å². The van der Waals surface area contributed by atoms with E-state index in [1.54, 1.807) is 17.5 Å². The van der Waals surface area contributed by atoms with Gasteiger partial charge in [0, 0.05) is 42.2 Å². The van der Waals surface area contributed by atoms with Gasteiger partial charge in [-0.15, -0.1) is 11.3 Å². The molecule has 1 amide bonds. The Balaban J connectivity index is 1.50. The Morgan fingerprint density at radius 2 is 2.48 bits per heavy atom. The molecule has 0 aromatic carbocycles. The SMILES string of the molecule is Cc1ncsc1CCNC(=O)Cn1nccc1[C@@H]1CCCNC1. The number of aryl methyl sites for hydroxylation is 1. The number of hydrogen-bond acceptors (Lipinski definition) is 5. The molecule has 2 aromatic heterocycles. The quantitative estimate of drug-likeness (QED) is 0.840. The Bertz CT molecular complexity index is 644. The molecule has 1 aliphatic heterocycles. The van der Waals surface area contributed by atoms with Crippen molar-refractivity contribution in [1.29, 1.82) is 0 Å². The molecule has 0 aliphatic carbocycles. The zero-order chi connectivity index (χ0) is 16.1. The molecule has 2 aromatic rings. The molecule has 0 unspecified atom stereocenters. The maximum Gasteiger partial charge on any atom is 0.241 e. The van der Waals surface area contributed by atoms with Crippen molar-refractivity contribution >= 4 is 17.2 Å². The zero-order valence-electron chi connectivity index (χ0n) is 13.4. The van der Waals surface area contributed by atoms with Crippen LogP contribution in [0.3, 0.4) is 0 Å². The standard InChI is InChI=1S/C16H23N5OS/c1-12-15(23-11-19-12)5-7-18-16(22)10-21-14(4-8-20-21)13-3-2-6-17-9-13/h4,8,11,13,17H,2-3,5-7,9-10H2,1H3,(H,18,22)/t13-/m1/s1. The first-order valence-electron chi connectivity index (χ1n) is 8.12. The van der Waals surface area contributed by atoms with Crippen LogP contribution in [-0.4, -0.2) is 40.3 Å². The fourth-order valence-corrected chi connectivity index (χ4v) is 3.78. The molecule has 7 heteroatoms. The number of rotatable bonds is 6. The predicted molar refractivity (Wildman–Crippen MR) is 90.6 cm³/mol. The van der Waals surface area contributed by atoms with Gasteiger partial charge in [0.25, 0.3) is 0 Å². The largest absolute Gasteiger partial charge is 0.354 e. The third kappa shape index (κ3) is 4.17. The number of carbonyl (C=O) groups excluding carboxylic acids is 1. The predicted octanol–water partition coefficient (Wildman–Crippen LogP) is 1.47. The van der Waals surface area contributed by atoms with Crippen LogP contribution in [0.15, 0.2) is 17.8 Å². The highest BCUT2D eigenvalue weighted by Crippen LogP contribution is 2.22. The summed E-state index contributed by atoms with van der Waals surface area (Å²) < 4.78 is 1.84. The van der Waals surface area contributed by atoms with E-state index in [4.69, 9.17) is 0 Å². The number of amides is 1. The lowest BCUT2D eigenvalue weighted by atomic mass is 9.96. The van der Waals surface area contributed by atoms with Crippen molar-refractivity contribution in [2.24, 2.45) is 0 Å². The fourth-order valence-electron chi connectivity index (χ4n) is 3.00. The number of carbonyl (C=O) groups is 1. The van der Waals surface area contributed by atoms with E-state index in [2.05, 4.69) is 20.7 Å². The summed E-state index contributed by atoms with van der Waals surface area (Å²) in [4.78, 5) is 17.6. The summed E-state index contributed by atoms with van der Waals surface area (Å²) in [6, 6.07) is 2.03. The maximum atomic E-state index is 12.2. The minimum absolute atomic E-state index is 0.0147. The van der Waals surface area contributed by atoms with Crippen LogP contribution < -0.4 is 10.6 Å². The normalized spacial score (nSPS) is 18.0. The van der Waals surface area contributed by atoms with Crippen molar-refractivity contribution in [2.45, 2.75) is 38.6 Å². The lowest BCUT2D eigenvalue weighted by molar-refractivity contribution is -0.121. The molecule has 0 bridgehead atoms. The third-order valence-corrected chi connectivity index (χ3v) is 5.27. The van der Waals surface area contributed by atoms with Crippen molar-refractivity contribution in [3.05, 3.63) is 34.0 Å². The van der Waals surface area contributed by atoms with E-state index in [9.17, 15) is 4.79 Å². The van der Waals surface area contributed by atoms with Crippen LogP contribution in [0.5, 0.6) is 0 Å². The van der Waals surface area contributed by atoms with Crippen molar-refractivity contribution in [3.8, 4) is 0 Å². The van der Waals surface area contributed by atoms with Crippen LogP contribution in [0.4, 0.5) is 0 Å². The number of piperidine rings is 1. The van der Waals surface area contributed by atoms with Crippen LogP contribution in [-0.2, 0) is 17.8 Å².